The molecule has 0 fully saturated rings. The van der Waals surface area contributed by atoms with Crippen LogP contribution in [0.25, 0.3) is 10.9 Å². The molecule has 2 rings (SSSR count). The second kappa shape index (κ2) is 6.60. The van der Waals surface area contributed by atoms with Gasteiger partial charge in [-0.3, -0.25) is 9.78 Å². The predicted molar refractivity (Wildman–Crippen MR) is 83.4 cm³/mol. The van der Waals surface area contributed by atoms with E-state index in [2.05, 4.69) is 9.71 Å². The fourth-order valence-corrected chi connectivity index (χ4v) is 3.71. The van der Waals surface area contributed by atoms with Crippen molar-refractivity contribution in [3.63, 3.8) is 0 Å². The number of nitrogens with zero attached hydrogens (tertiary/aromatic N) is 1. The molecule has 118 valence electrons. The van der Waals surface area contributed by atoms with Gasteiger partial charge in [-0.2, -0.15) is 4.72 Å². The van der Waals surface area contributed by atoms with Crippen LogP contribution in [0, 0.1) is 0 Å². The second-order valence-corrected chi connectivity index (χ2v) is 6.84. The third-order valence-electron chi connectivity index (χ3n) is 3.14. The molecule has 1 aromatic carbocycles. The maximum Gasteiger partial charge on any atom is 0.321 e. The molecule has 0 radical (unpaired) electrons. The molecule has 8 heteroatoms. The lowest BCUT2D eigenvalue weighted by atomic mass is 10.2. The Morgan fingerprint density at radius 3 is 2.77 bits per heavy atom. The molecule has 0 aliphatic heterocycles. The average molecular weight is 343 g/mol. The van der Waals surface area contributed by atoms with E-state index in [1.54, 1.807) is 25.1 Å². The summed E-state index contributed by atoms with van der Waals surface area (Å²) in [5, 5.41) is 9.98. The molecule has 0 aliphatic carbocycles. The van der Waals surface area contributed by atoms with Crippen molar-refractivity contribution < 1.29 is 18.3 Å². The van der Waals surface area contributed by atoms with Crippen LogP contribution in [0.3, 0.4) is 0 Å². The molecule has 0 spiro atoms. The number of hydrogen-bond acceptors (Lipinski definition) is 4. The number of carbonyl (C=O) groups is 1. The number of sulfonamides is 1. The number of benzene rings is 1. The smallest absolute Gasteiger partial charge is 0.321 e. The highest BCUT2D eigenvalue weighted by molar-refractivity contribution is 7.89. The zero-order chi connectivity index (χ0) is 16.3. The van der Waals surface area contributed by atoms with Gasteiger partial charge in [-0.15, -0.1) is 0 Å². The van der Waals surface area contributed by atoms with Crippen LogP contribution in [0.4, 0.5) is 0 Å². The number of rotatable bonds is 6. The molecule has 2 aromatic rings. The number of hydrogen-bond donors (Lipinski definition) is 2. The lowest BCUT2D eigenvalue weighted by molar-refractivity contribution is -0.139. The Labute approximate surface area is 133 Å². The molecule has 0 saturated heterocycles. The van der Waals surface area contributed by atoms with Gasteiger partial charge in [0.15, 0.2) is 0 Å². The lowest BCUT2D eigenvalue weighted by Gasteiger charge is -2.15. The largest absolute Gasteiger partial charge is 0.480 e. The van der Waals surface area contributed by atoms with Gasteiger partial charge in [0.2, 0.25) is 10.0 Å². The second-order valence-electron chi connectivity index (χ2n) is 4.75. The molecular weight excluding hydrogens is 328 g/mol. The molecule has 1 atom stereocenters. The minimum atomic E-state index is -4.02. The number of fused-ring (bicyclic) bond motifs is 1. The van der Waals surface area contributed by atoms with Crippen LogP contribution < -0.4 is 4.72 Å². The normalized spacial score (nSPS) is 13.2. The van der Waals surface area contributed by atoms with Crippen molar-refractivity contribution in [1.29, 1.82) is 0 Å². The van der Waals surface area contributed by atoms with Gasteiger partial charge in [-0.25, -0.2) is 8.42 Å². The van der Waals surface area contributed by atoms with E-state index < -0.39 is 22.0 Å². The van der Waals surface area contributed by atoms with Gasteiger partial charge in [-0.1, -0.05) is 37.1 Å². The number of aliphatic carboxylic acids is 1. The Balaban J connectivity index is 2.50. The van der Waals surface area contributed by atoms with Gasteiger partial charge in [0.25, 0.3) is 0 Å². The summed E-state index contributed by atoms with van der Waals surface area (Å²) in [5.74, 6) is -1.21. The number of para-hydroxylation sites is 1. The maximum absolute atomic E-state index is 12.5. The van der Waals surface area contributed by atoms with E-state index in [0.717, 1.165) is 0 Å². The monoisotopic (exact) mass is 342 g/mol. The first kappa shape index (κ1) is 16.7. The third-order valence-corrected chi connectivity index (χ3v) is 4.98. The fourth-order valence-electron chi connectivity index (χ4n) is 2.10. The predicted octanol–water partition coefficient (Wildman–Crippen LogP) is 2.42. The molecule has 0 bridgehead atoms. The van der Waals surface area contributed by atoms with Crippen molar-refractivity contribution in [3.8, 4) is 0 Å². The van der Waals surface area contributed by atoms with E-state index in [4.69, 9.17) is 16.7 Å². The van der Waals surface area contributed by atoms with E-state index in [1.165, 1.54) is 12.3 Å². The Morgan fingerprint density at radius 1 is 1.41 bits per heavy atom. The molecular formula is C14H15ClN2O4S. The summed E-state index contributed by atoms with van der Waals surface area (Å²) in [7, 11) is -4.02. The van der Waals surface area contributed by atoms with Crippen LogP contribution in [0.5, 0.6) is 0 Å². The van der Waals surface area contributed by atoms with E-state index in [0.29, 0.717) is 16.8 Å². The van der Waals surface area contributed by atoms with E-state index in [1.807, 2.05) is 0 Å². The number of carboxylic acid groups (broad SMARTS) is 1. The fraction of sp³-hybridized carbons (Fsp3) is 0.286. The molecule has 1 aromatic heterocycles. The SMILES string of the molecule is CCCC(NS(=O)(=O)c1cccc2c(Cl)ccnc12)C(=O)O. The van der Waals surface area contributed by atoms with Crippen molar-refractivity contribution in [2.75, 3.05) is 0 Å². The van der Waals surface area contributed by atoms with Crippen LogP contribution in [0.15, 0.2) is 35.4 Å². The Bertz CT molecular complexity index is 808. The molecule has 0 saturated carbocycles. The first-order chi connectivity index (χ1) is 10.4. The van der Waals surface area contributed by atoms with E-state index >= 15 is 0 Å². The highest BCUT2D eigenvalue weighted by atomic mass is 35.5. The minimum absolute atomic E-state index is 0.0881. The number of carboxylic acids is 1. The third kappa shape index (κ3) is 3.37. The average Bonchev–Trinajstić information content (AvgIpc) is 2.46. The summed E-state index contributed by atoms with van der Waals surface area (Å²) in [5.41, 5.74) is 0.211. The van der Waals surface area contributed by atoms with Crippen LogP contribution in [-0.2, 0) is 14.8 Å². The molecule has 1 unspecified atom stereocenters. The van der Waals surface area contributed by atoms with Crippen LogP contribution >= 0.6 is 11.6 Å². The summed E-state index contributed by atoms with van der Waals surface area (Å²) >= 11 is 6.04. The van der Waals surface area contributed by atoms with Gasteiger partial charge in [0.05, 0.1) is 10.5 Å². The maximum atomic E-state index is 12.5. The topological polar surface area (TPSA) is 96.4 Å². The van der Waals surface area contributed by atoms with Crippen molar-refractivity contribution in [1.82, 2.24) is 9.71 Å². The molecule has 2 N–H and O–H groups in total. The van der Waals surface area contributed by atoms with Crippen LogP contribution in [0.1, 0.15) is 19.8 Å². The van der Waals surface area contributed by atoms with Crippen molar-refractivity contribution >= 4 is 38.5 Å². The van der Waals surface area contributed by atoms with E-state index in [-0.39, 0.29) is 16.8 Å². The Morgan fingerprint density at radius 2 is 2.14 bits per heavy atom. The van der Waals surface area contributed by atoms with Crippen molar-refractivity contribution in [2.24, 2.45) is 0 Å². The summed E-state index contributed by atoms with van der Waals surface area (Å²) < 4.78 is 27.2. The highest BCUT2D eigenvalue weighted by Crippen LogP contribution is 2.26. The van der Waals surface area contributed by atoms with Gasteiger partial charge in [-0.05, 0) is 18.6 Å². The molecule has 6 nitrogen and oxygen atoms in total. The first-order valence-corrected chi connectivity index (χ1v) is 8.51. The lowest BCUT2D eigenvalue weighted by Crippen LogP contribution is -2.40. The number of nitrogens with one attached hydrogen (secondary N) is 1. The zero-order valence-electron chi connectivity index (χ0n) is 11.8. The summed E-state index contributed by atoms with van der Waals surface area (Å²) in [6.45, 7) is 1.78. The number of pyridine rings is 1. The van der Waals surface area contributed by atoms with Crippen LogP contribution in [-0.4, -0.2) is 30.5 Å². The standard InChI is InChI=1S/C14H15ClN2O4S/c1-2-4-11(14(18)19)17-22(20,21)12-6-3-5-9-10(15)7-8-16-13(9)12/h3,5-8,11,17H,2,4H2,1H3,(H,18,19). The van der Waals surface area contributed by atoms with Crippen molar-refractivity contribution in [2.45, 2.75) is 30.7 Å². The van der Waals surface area contributed by atoms with Gasteiger partial charge in [0.1, 0.15) is 10.9 Å². The van der Waals surface area contributed by atoms with Gasteiger partial charge < -0.3 is 5.11 Å². The summed E-state index contributed by atoms with van der Waals surface area (Å²) in [6.07, 6.45) is 2.15. The summed E-state index contributed by atoms with van der Waals surface area (Å²) in [6, 6.07) is 4.96. The number of halogens is 1. The van der Waals surface area contributed by atoms with E-state index in [9.17, 15) is 13.2 Å². The van der Waals surface area contributed by atoms with Crippen molar-refractivity contribution in [3.05, 3.63) is 35.5 Å². The molecule has 0 amide bonds. The quantitative estimate of drug-likeness (QED) is 0.840. The zero-order valence-corrected chi connectivity index (χ0v) is 13.4. The first-order valence-electron chi connectivity index (χ1n) is 6.65. The van der Waals surface area contributed by atoms with Gasteiger partial charge in [0, 0.05) is 11.6 Å². The van der Waals surface area contributed by atoms with Gasteiger partial charge >= 0.3 is 5.97 Å². The number of aromatic nitrogens is 1. The molecule has 0 aliphatic rings. The van der Waals surface area contributed by atoms with Crippen LogP contribution in [0.2, 0.25) is 5.02 Å². The molecule has 22 heavy (non-hydrogen) atoms. The Kier molecular flexibility index (Phi) is 5.00. The summed E-state index contributed by atoms with van der Waals surface area (Å²) in [4.78, 5) is 15.1. The highest BCUT2D eigenvalue weighted by Gasteiger charge is 2.26. The Hall–Kier alpha value is -1.70. The molecule has 1 heterocycles. The minimum Gasteiger partial charge on any atom is -0.480 e.